The van der Waals surface area contributed by atoms with Gasteiger partial charge in [-0.1, -0.05) is 0 Å². The topological polar surface area (TPSA) is 54.5 Å². The Balaban J connectivity index is 1.90. The molecule has 1 heterocycles. The Bertz CT molecular complexity index is 365. The van der Waals surface area contributed by atoms with Gasteiger partial charge in [-0.25, -0.2) is 12.7 Å². The number of Topliss-reactive ketones (excluding diaryl/α,β-unsaturated/α-hetero) is 1. The van der Waals surface area contributed by atoms with Crippen LogP contribution in [0.5, 0.6) is 0 Å². The van der Waals surface area contributed by atoms with Crippen LogP contribution in [-0.2, 0) is 14.8 Å². The number of nitrogens with zero attached hydrogens (tertiary/aromatic N) is 1. The molecule has 0 aromatic heterocycles. The summed E-state index contributed by atoms with van der Waals surface area (Å²) >= 11 is 0. The molecule has 2 fully saturated rings. The first kappa shape index (κ1) is 12.0. The Kier molecular flexibility index (Phi) is 3.35. The molecule has 92 valence electrons. The minimum atomic E-state index is -3.05. The van der Waals surface area contributed by atoms with E-state index in [1.54, 1.807) is 11.2 Å². The third-order valence-electron chi connectivity index (χ3n) is 3.57. The second kappa shape index (κ2) is 4.45. The molecule has 2 aliphatic rings. The van der Waals surface area contributed by atoms with E-state index in [4.69, 9.17) is 0 Å². The maximum atomic E-state index is 12.0. The van der Waals surface area contributed by atoms with Crippen molar-refractivity contribution < 1.29 is 13.2 Å². The number of hydrogen-bond donors (Lipinski definition) is 0. The van der Waals surface area contributed by atoms with Crippen molar-refractivity contribution in [2.75, 3.05) is 18.8 Å². The Morgan fingerprint density at radius 2 is 1.75 bits per heavy atom. The fourth-order valence-corrected chi connectivity index (χ4v) is 4.14. The highest BCUT2D eigenvalue weighted by molar-refractivity contribution is 7.89. The lowest BCUT2D eigenvalue weighted by atomic mass is 9.95. The van der Waals surface area contributed by atoms with Crippen molar-refractivity contribution in [1.82, 2.24) is 4.31 Å². The molecule has 0 radical (unpaired) electrons. The molecule has 1 saturated carbocycles. The minimum Gasteiger partial charge on any atom is -0.300 e. The molecule has 0 atom stereocenters. The van der Waals surface area contributed by atoms with Gasteiger partial charge in [0.25, 0.3) is 0 Å². The van der Waals surface area contributed by atoms with E-state index in [1.807, 2.05) is 0 Å². The molecule has 16 heavy (non-hydrogen) atoms. The van der Waals surface area contributed by atoms with E-state index in [0.717, 1.165) is 12.8 Å². The summed E-state index contributed by atoms with van der Waals surface area (Å²) in [6.45, 7) is 2.65. The number of carbonyl (C=O) groups is 1. The largest absolute Gasteiger partial charge is 0.300 e. The second-order valence-corrected chi connectivity index (χ2v) is 7.02. The molecule has 1 aliphatic carbocycles. The van der Waals surface area contributed by atoms with E-state index >= 15 is 0 Å². The summed E-state index contributed by atoms with van der Waals surface area (Å²) < 4.78 is 25.5. The van der Waals surface area contributed by atoms with E-state index in [1.165, 1.54) is 0 Å². The van der Waals surface area contributed by atoms with Gasteiger partial charge in [0.2, 0.25) is 10.0 Å². The van der Waals surface area contributed by atoms with Crippen molar-refractivity contribution in [3.8, 4) is 0 Å². The Morgan fingerprint density at radius 1 is 1.19 bits per heavy atom. The third-order valence-corrected chi connectivity index (χ3v) is 5.61. The Hall–Kier alpha value is -0.420. The molecule has 0 bridgehead atoms. The van der Waals surface area contributed by atoms with Crippen LogP contribution in [0.1, 0.15) is 32.6 Å². The van der Waals surface area contributed by atoms with E-state index in [9.17, 15) is 13.2 Å². The van der Waals surface area contributed by atoms with Gasteiger partial charge in [-0.05, 0) is 38.5 Å². The molecule has 0 aromatic rings. The zero-order valence-electron chi connectivity index (χ0n) is 9.68. The molecule has 0 N–H and O–H groups in total. The molecule has 4 nitrogen and oxygen atoms in total. The van der Waals surface area contributed by atoms with E-state index in [2.05, 4.69) is 0 Å². The zero-order valence-corrected chi connectivity index (χ0v) is 10.5. The van der Waals surface area contributed by atoms with Gasteiger partial charge in [-0.2, -0.15) is 0 Å². The smallest absolute Gasteiger partial charge is 0.214 e. The van der Waals surface area contributed by atoms with Gasteiger partial charge in [0.1, 0.15) is 5.78 Å². The molecule has 0 amide bonds. The number of piperidine rings is 1. The molecule has 0 unspecified atom stereocenters. The number of ketones is 1. The fourth-order valence-electron chi connectivity index (χ4n) is 2.23. The van der Waals surface area contributed by atoms with Gasteiger partial charge in [-0.15, -0.1) is 0 Å². The quantitative estimate of drug-likeness (QED) is 0.743. The van der Waals surface area contributed by atoms with Crippen LogP contribution in [0.4, 0.5) is 0 Å². The third kappa shape index (κ3) is 2.83. The van der Waals surface area contributed by atoms with E-state index in [0.29, 0.717) is 37.6 Å². The summed E-state index contributed by atoms with van der Waals surface area (Å²) in [5, 5.41) is 0. The van der Waals surface area contributed by atoms with Gasteiger partial charge in [0.05, 0.1) is 5.75 Å². The first-order chi connectivity index (χ1) is 7.49. The summed E-state index contributed by atoms with van der Waals surface area (Å²) in [5.41, 5.74) is 0. The first-order valence-corrected chi connectivity index (χ1v) is 7.58. The number of rotatable bonds is 4. The molecule has 1 saturated heterocycles. The molecular formula is C11H19NO3S. The Labute approximate surface area is 97.1 Å². The molecular weight excluding hydrogens is 226 g/mol. The predicted molar refractivity (Wildman–Crippen MR) is 61.5 cm³/mol. The first-order valence-electron chi connectivity index (χ1n) is 5.97. The maximum absolute atomic E-state index is 12.0. The van der Waals surface area contributed by atoms with Crippen molar-refractivity contribution in [3.05, 3.63) is 0 Å². The van der Waals surface area contributed by atoms with E-state index in [-0.39, 0.29) is 11.7 Å². The van der Waals surface area contributed by atoms with Crippen molar-refractivity contribution >= 4 is 15.8 Å². The molecule has 0 aromatic carbocycles. The minimum absolute atomic E-state index is 0.0763. The van der Waals surface area contributed by atoms with Crippen LogP contribution in [0.25, 0.3) is 0 Å². The summed E-state index contributed by atoms with van der Waals surface area (Å²) in [7, 11) is -3.05. The predicted octanol–water partition coefficient (Wildman–Crippen LogP) is 1.03. The lowest BCUT2D eigenvalue weighted by Gasteiger charge is -2.30. The van der Waals surface area contributed by atoms with E-state index < -0.39 is 10.0 Å². The average Bonchev–Trinajstić information content (AvgIpc) is 3.01. The van der Waals surface area contributed by atoms with Crippen molar-refractivity contribution in [2.24, 2.45) is 11.8 Å². The van der Waals surface area contributed by atoms with Crippen LogP contribution < -0.4 is 0 Å². The average molecular weight is 245 g/mol. The summed E-state index contributed by atoms with van der Waals surface area (Å²) in [5.74, 6) is 0.986. The standard InChI is InChI=1S/C11H19NO3S/c1-9(13)11-4-6-12(7-5-11)16(14,15)8-10-2-3-10/h10-11H,2-8H2,1H3. The molecule has 5 heteroatoms. The highest BCUT2D eigenvalue weighted by atomic mass is 32.2. The van der Waals surface area contributed by atoms with Crippen molar-refractivity contribution in [2.45, 2.75) is 32.6 Å². The highest BCUT2D eigenvalue weighted by Crippen LogP contribution is 2.32. The normalized spacial score (nSPS) is 24.6. The second-order valence-electron chi connectivity index (χ2n) is 5.01. The van der Waals surface area contributed by atoms with Crippen molar-refractivity contribution in [3.63, 3.8) is 0 Å². The number of hydrogen-bond acceptors (Lipinski definition) is 3. The molecule has 2 rings (SSSR count). The maximum Gasteiger partial charge on any atom is 0.214 e. The SMILES string of the molecule is CC(=O)C1CCN(S(=O)(=O)CC2CC2)CC1. The number of sulfonamides is 1. The molecule has 1 aliphatic heterocycles. The van der Waals surface area contributed by atoms with Crippen molar-refractivity contribution in [1.29, 1.82) is 0 Å². The van der Waals surface area contributed by atoms with Gasteiger partial charge in [0.15, 0.2) is 0 Å². The summed E-state index contributed by atoms with van der Waals surface area (Å²) in [6.07, 6.45) is 3.50. The van der Waals surface area contributed by atoms with Crippen LogP contribution in [0.3, 0.4) is 0 Å². The van der Waals surface area contributed by atoms with Crippen LogP contribution in [0, 0.1) is 11.8 Å². The van der Waals surface area contributed by atoms with Gasteiger partial charge >= 0.3 is 0 Å². The lowest BCUT2D eigenvalue weighted by molar-refractivity contribution is -0.121. The summed E-state index contributed by atoms with van der Waals surface area (Å²) in [4.78, 5) is 11.2. The van der Waals surface area contributed by atoms with Crippen LogP contribution in [0.15, 0.2) is 0 Å². The summed E-state index contributed by atoms with van der Waals surface area (Å²) in [6, 6.07) is 0. The Morgan fingerprint density at radius 3 is 2.19 bits per heavy atom. The van der Waals surface area contributed by atoms with Gasteiger partial charge in [-0.3, -0.25) is 4.79 Å². The van der Waals surface area contributed by atoms with Crippen LogP contribution in [-0.4, -0.2) is 37.3 Å². The fraction of sp³-hybridized carbons (Fsp3) is 0.909. The zero-order chi connectivity index (χ0) is 11.8. The molecule has 0 spiro atoms. The highest BCUT2D eigenvalue weighted by Gasteiger charge is 2.34. The van der Waals surface area contributed by atoms with Gasteiger partial charge < -0.3 is 0 Å². The van der Waals surface area contributed by atoms with Crippen LogP contribution in [0.2, 0.25) is 0 Å². The lowest BCUT2D eigenvalue weighted by Crippen LogP contribution is -2.41. The number of carbonyl (C=O) groups excluding carboxylic acids is 1. The van der Waals surface area contributed by atoms with Crippen LogP contribution >= 0.6 is 0 Å². The monoisotopic (exact) mass is 245 g/mol. The van der Waals surface area contributed by atoms with Gasteiger partial charge in [0, 0.05) is 19.0 Å².